The Hall–Kier alpha value is -0.770. The van der Waals surface area contributed by atoms with Gasteiger partial charge in [-0.25, -0.2) is 0 Å². The van der Waals surface area contributed by atoms with Crippen molar-refractivity contribution in [2.24, 2.45) is 0 Å². The number of nitrogens with zero attached hydrogens (tertiary/aromatic N) is 2. The first-order chi connectivity index (χ1) is 8.19. The topological polar surface area (TPSA) is 23.6 Å². The average Bonchev–Trinajstić information content (AvgIpc) is 2.35. The highest BCUT2D eigenvalue weighted by atomic mass is 35.5. The van der Waals surface area contributed by atoms with Crippen molar-refractivity contribution in [3.63, 3.8) is 0 Å². The molecule has 1 rings (SSSR count). The molecule has 5 heteroatoms. The molecule has 0 fully saturated rings. The monoisotopic (exact) mass is 290 g/mol. The first-order valence-electron chi connectivity index (χ1n) is 5.93. The molecule has 18 heavy (non-hydrogen) atoms. The van der Waals surface area contributed by atoms with Gasteiger partial charge in [0.05, 0.1) is 0 Å². The van der Waals surface area contributed by atoms with Crippen molar-refractivity contribution in [2.75, 3.05) is 31.1 Å². The van der Waals surface area contributed by atoms with Gasteiger partial charge in [-0.15, -0.1) is 12.4 Å². The van der Waals surface area contributed by atoms with Gasteiger partial charge in [-0.05, 0) is 36.8 Å². The Morgan fingerprint density at radius 1 is 1.11 bits per heavy atom. The summed E-state index contributed by atoms with van der Waals surface area (Å²) < 4.78 is 0. The zero-order valence-corrected chi connectivity index (χ0v) is 12.4. The second-order valence-corrected chi connectivity index (χ2v) is 4.09. The molecule has 102 valence electrons. The van der Waals surface area contributed by atoms with Crippen LogP contribution in [0.3, 0.4) is 0 Å². The smallest absolute Gasteiger partial charge is 0.302 e. The summed E-state index contributed by atoms with van der Waals surface area (Å²) in [7, 11) is 0. The van der Waals surface area contributed by atoms with Crippen LogP contribution in [0.1, 0.15) is 13.8 Å². The molecule has 0 aromatic heterocycles. The van der Waals surface area contributed by atoms with E-state index < -0.39 is 5.37 Å². The summed E-state index contributed by atoms with van der Waals surface area (Å²) in [5.41, 5.74) is 0.847. The molecule has 0 radical (unpaired) electrons. The lowest BCUT2D eigenvalue weighted by Gasteiger charge is -2.24. The first-order valence-corrected chi connectivity index (χ1v) is 6.31. The van der Waals surface area contributed by atoms with Crippen LogP contribution in [-0.2, 0) is 0 Å². The number of anilines is 1. The molecule has 0 heterocycles. The first kappa shape index (κ1) is 17.2. The van der Waals surface area contributed by atoms with Gasteiger partial charge in [0, 0.05) is 18.8 Å². The number of amides is 1. The number of carbonyl (C=O) groups is 1. The Morgan fingerprint density at radius 2 is 1.67 bits per heavy atom. The minimum Gasteiger partial charge on any atom is -0.302 e. The predicted molar refractivity (Wildman–Crippen MR) is 80.1 cm³/mol. The van der Waals surface area contributed by atoms with Crippen LogP contribution in [0.25, 0.3) is 0 Å². The highest BCUT2D eigenvalue weighted by molar-refractivity contribution is 6.66. The molecule has 1 aromatic carbocycles. The predicted octanol–water partition coefficient (Wildman–Crippen LogP) is 3.62. The molecular formula is C13H20Cl2N2O. The minimum atomic E-state index is -0.427. The summed E-state index contributed by atoms with van der Waals surface area (Å²) in [5, 5.41) is -0.427. The molecule has 0 spiro atoms. The third kappa shape index (κ3) is 5.25. The fourth-order valence-electron chi connectivity index (χ4n) is 1.71. The Morgan fingerprint density at radius 3 is 2.11 bits per heavy atom. The van der Waals surface area contributed by atoms with E-state index in [4.69, 9.17) is 11.6 Å². The fourth-order valence-corrected chi connectivity index (χ4v) is 1.89. The molecular weight excluding hydrogens is 271 g/mol. The van der Waals surface area contributed by atoms with Gasteiger partial charge in [0.1, 0.15) is 0 Å². The summed E-state index contributed by atoms with van der Waals surface area (Å²) in [6.45, 7) is 7.64. The van der Waals surface area contributed by atoms with Crippen LogP contribution in [0.4, 0.5) is 10.5 Å². The van der Waals surface area contributed by atoms with Gasteiger partial charge in [0.15, 0.2) is 0 Å². The number of para-hydroxylation sites is 1. The number of rotatable bonds is 6. The lowest BCUT2D eigenvalue weighted by atomic mass is 10.3. The van der Waals surface area contributed by atoms with Crippen molar-refractivity contribution >= 4 is 35.1 Å². The summed E-state index contributed by atoms with van der Waals surface area (Å²) in [6.07, 6.45) is 0. The maximum absolute atomic E-state index is 11.4. The Balaban J connectivity index is 0.00000289. The van der Waals surface area contributed by atoms with E-state index in [-0.39, 0.29) is 12.4 Å². The van der Waals surface area contributed by atoms with Crippen molar-refractivity contribution in [1.29, 1.82) is 0 Å². The highest BCUT2D eigenvalue weighted by Gasteiger charge is 2.13. The van der Waals surface area contributed by atoms with E-state index in [0.29, 0.717) is 6.54 Å². The van der Waals surface area contributed by atoms with Crippen LogP contribution in [0.2, 0.25) is 0 Å². The Labute approximate surface area is 120 Å². The number of carbonyl (C=O) groups excluding carboxylic acids is 1. The highest BCUT2D eigenvalue weighted by Crippen LogP contribution is 2.15. The maximum atomic E-state index is 11.4. The van der Waals surface area contributed by atoms with Gasteiger partial charge >= 0.3 is 5.37 Å². The molecule has 0 bridgehead atoms. The molecule has 0 aliphatic carbocycles. The third-order valence-electron chi connectivity index (χ3n) is 2.81. The van der Waals surface area contributed by atoms with E-state index in [1.807, 2.05) is 30.3 Å². The molecule has 0 aliphatic heterocycles. The maximum Gasteiger partial charge on any atom is 0.320 e. The van der Waals surface area contributed by atoms with Gasteiger partial charge in [-0.3, -0.25) is 9.69 Å². The standard InChI is InChI=1S/C13H19ClN2O.ClH/c1-3-15(4-2)10-11-16(13(14)17)12-8-6-5-7-9-12;/h5-9H,3-4,10-11H2,1-2H3;1H. The SMILES string of the molecule is CCN(CC)CCN(C(=O)Cl)c1ccccc1.Cl. The minimum absolute atomic E-state index is 0. The number of likely N-dealkylation sites (N-methyl/N-ethyl adjacent to an activating group) is 1. The summed E-state index contributed by atoms with van der Waals surface area (Å²) in [5.74, 6) is 0. The number of halogens is 2. The molecule has 0 unspecified atom stereocenters. The number of benzene rings is 1. The average molecular weight is 291 g/mol. The summed E-state index contributed by atoms with van der Waals surface area (Å²) >= 11 is 5.62. The van der Waals surface area contributed by atoms with E-state index in [0.717, 1.165) is 25.3 Å². The van der Waals surface area contributed by atoms with Crippen LogP contribution in [0.5, 0.6) is 0 Å². The molecule has 0 saturated carbocycles. The zero-order valence-electron chi connectivity index (χ0n) is 10.8. The Kier molecular flexibility index (Phi) is 8.81. The van der Waals surface area contributed by atoms with Crippen molar-refractivity contribution in [2.45, 2.75) is 13.8 Å². The molecule has 0 N–H and O–H groups in total. The second kappa shape index (κ2) is 9.20. The van der Waals surface area contributed by atoms with Crippen molar-refractivity contribution in [1.82, 2.24) is 4.90 Å². The van der Waals surface area contributed by atoms with E-state index in [2.05, 4.69) is 18.7 Å². The summed E-state index contributed by atoms with van der Waals surface area (Å²) in [4.78, 5) is 15.3. The van der Waals surface area contributed by atoms with Crippen LogP contribution < -0.4 is 4.90 Å². The fraction of sp³-hybridized carbons (Fsp3) is 0.462. The Bertz CT molecular complexity index is 342. The van der Waals surface area contributed by atoms with E-state index >= 15 is 0 Å². The quantitative estimate of drug-likeness (QED) is 0.590. The van der Waals surface area contributed by atoms with E-state index in [9.17, 15) is 4.79 Å². The number of hydrogen-bond donors (Lipinski definition) is 0. The van der Waals surface area contributed by atoms with Crippen LogP contribution in [-0.4, -0.2) is 36.4 Å². The van der Waals surface area contributed by atoms with Crippen LogP contribution in [0.15, 0.2) is 30.3 Å². The van der Waals surface area contributed by atoms with E-state index in [1.165, 1.54) is 0 Å². The van der Waals surface area contributed by atoms with Gasteiger partial charge in [-0.2, -0.15) is 0 Å². The largest absolute Gasteiger partial charge is 0.320 e. The third-order valence-corrected chi connectivity index (χ3v) is 3.02. The van der Waals surface area contributed by atoms with Gasteiger partial charge < -0.3 is 4.90 Å². The molecule has 1 aromatic rings. The second-order valence-electron chi connectivity index (χ2n) is 3.77. The molecule has 0 aliphatic rings. The van der Waals surface area contributed by atoms with Gasteiger partial charge in [0.25, 0.3) is 0 Å². The van der Waals surface area contributed by atoms with Gasteiger partial charge in [0.2, 0.25) is 0 Å². The molecule has 3 nitrogen and oxygen atoms in total. The molecule has 0 atom stereocenters. The van der Waals surface area contributed by atoms with Crippen LogP contribution >= 0.6 is 24.0 Å². The van der Waals surface area contributed by atoms with Crippen molar-refractivity contribution in [3.8, 4) is 0 Å². The lowest BCUT2D eigenvalue weighted by Crippen LogP contribution is -2.36. The number of hydrogen-bond acceptors (Lipinski definition) is 2. The normalized spacial score (nSPS) is 10.0. The van der Waals surface area contributed by atoms with Crippen molar-refractivity contribution < 1.29 is 4.79 Å². The van der Waals surface area contributed by atoms with E-state index in [1.54, 1.807) is 4.90 Å². The molecule has 0 saturated heterocycles. The molecule has 1 amide bonds. The van der Waals surface area contributed by atoms with Crippen molar-refractivity contribution in [3.05, 3.63) is 30.3 Å². The summed E-state index contributed by atoms with van der Waals surface area (Å²) in [6, 6.07) is 9.51. The van der Waals surface area contributed by atoms with Crippen LogP contribution in [0, 0.1) is 0 Å². The van der Waals surface area contributed by atoms with Gasteiger partial charge in [-0.1, -0.05) is 32.0 Å². The zero-order chi connectivity index (χ0) is 12.7. The lowest BCUT2D eigenvalue weighted by molar-refractivity contribution is 0.261.